The van der Waals surface area contributed by atoms with Crippen LogP contribution in [0.3, 0.4) is 0 Å². The normalized spacial score (nSPS) is 32.8. The SMILES string of the molecule is CCOC(=O)[C@@H]1[C@H]2C(=O)N([C@H](C)CO)C(C(=O)Nc3ccc(Cl)cc3)C23CC[C@H]1S3. The van der Waals surface area contributed by atoms with Gasteiger partial charge in [-0.1, -0.05) is 11.6 Å². The quantitative estimate of drug-likeness (QED) is 0.643. The van der Waals surface area contributed by atoms with Crippen LogP contribution in [0.15, 0.2) is 24.3 Å². The molecule has 3 aliphatic heterocycles. The molecule has 6 atom stereocenters. The van der Waals surface area contributed by atoms with E-state index in [0.717, 1.165) is 6.42 Å². The van der Waals surface area contributed by atoms with Crippen LogP contribution in [0.25, 0.3) is 0 Å². The minimum atomic E-state index is -0.776. The number of carbonyl (C=O) groups excluding carboxylic acids is 3. The second-order valence-electron chi connectivity index (χ2n) is 8.08. The summed E-state index contributed by atoms with van der Waals surface area (Å²) in [6.07, 6.45) is 1.42. The highest BCUT2D eigenvalue weighted by Crippen LogP contribution is 2.66. The van der Waals surface area contributed by atoms with E-state index in [1.54, 1.807) is 49.9 Å². The van der Waals surface area contributed by atoms with Crippen LogP contribution >= 0.6 is 23.4 Å². The molecule has 1 spiro atoms. The van der Waals surface area contributed by atoms with Crippen LogP contribution in [0.4, 0.5) is 5.69 Å². The summed E-state index contributed by atoms with van der Waals surface area (Å²) in [6.45, 7) is 3.44. The summed E-state index contributed by atoms with van der Waals surface area (Å²) in [5, 5.41) is 13.2. The van der Waals surface area contributed by atoms with Crippen LogP contribution < -0.4 is 5.32 Å². The van der Waals surface area contributed by atoms with Crippen molar-refractivity contribution in [1.82, 2.24) is 4.90 Å². The van der Waals surface area contributed by atoms with Gasteiger partial charge in [0.05, 0.1) is 35.8 Å². The molecule has 0 aromatic heterocycles. The number of fused-ring (bicyclic) bond motifs is 1. The molecule has 3 fully saturated rings. The third kappa shape index (κ3) is 3.20. The van der Waals surface area contributed by atoms with Gasteiger partial charge in [-0.25, -0.2) is 0 Å². The zero-order valence-electron chi connectivity index (χ0n) is 16.8. The number of carbonyl (C=O) groups is 3. The predicted octanol–water partition coefficient (Wildman–Crippen LogP) is 2.31. The van der Waals surface area contributed by atoms with Crippen molar-refractivity contribution in [3.05, 3.63) is 29.3 Å². The molecule has 9 heteroatoms. The number of rotatable bonds is 6. The summed E-state index contributed by atoms with van der Waals surface area (Å²) in [7, 11) is 0. The van der Waals surface area contributed by atoms with Crippen LogP contribution in [0.5, 0.6) is 0 Å². The number of aliphatic hydroxyl groups is 1. The Morgan fingerprint density at radius 3 is 2.73 bits per heavy atom. The molecule has 3 heterocycles. The first-order valence-electron chi connectivity index (χ1n) is 10.2. The van der Waals surface area contributed by atoms with Gasteiger partial charge in [-0.15, -0.1) is 11.8 Å². The Hall–Kier alpha value is -1.77. The lowest BCUT2D eigenvalue weighted by molar-refractivity contribution is -0.154. The standard InChI is InChI=1S/C21H25ClN2O5S/c1-3-29-20(28)15-14-8-9-21(30-14)16(15)19(27)24(11(2)10-25)17(21)18(26)23-13-6-4-12(22)5-7-13/h4-7,11,14-17,25H,3,8-10H2,1-2H3,(H,23,26)/t11-,14-,15+,16+,17?,21?/m1/s1. The average molecular weight is 453 g/mol. The van der Waals surface area contributed by atoms with Crippen molar-refractivity contribution in [2.75, 3.05) is 18.5 Å². The van der Waals surface area contributed by atoms with E-state index in [1.165, 1.54) is 4.90 Å². The second kappa shape index (κ2) is 8.05. The maximum absolute atomic E-state index is 13.5. The summed E-state index contributed by atoms with van der Waals surface area (Å²) in [5.74, 6) is -2.11. The van der Waals surface area contributed by atoms with Crippen LogP contribution in [-0.2, 0) is 19.1 Å². The second-order valence-corrected chi connectivity index (χ2v) is 10.1. The van der Waals surface area contributed by atoms with Gasteiger partial charge in [0, 0.05) is 16.0 Å². The average Bonchev–Trinajstić information content (AvgIpc) is 3.36. The number of nitrogens with zero attached hydrogens (tertiary/aromatic N) is 1. The number of aliphatic hydroxyl groups excluding tert-OH is 1. The molecule has 7 nitrogen and oxygen atoms in total. The molecule has 0 saturated carbocycles. The van der Waals surface area contributed by atoms with Crippen molar-refractivity contribution < 1.29 is 24.2 Å². The zero-order valence-corrected chi connectivity index (χ0v) is 18.4. The van der Waals surface area contributed by atoms with E-state index < -0.39 is 28.7 Å². The minimum absolute atomic E-state index is 0.0320. The van der Waals surface area contributed by atoms with Gasteiger partial charge in [0.15, 0.2) is 0 Å². The van der Waals surface area contributed by atoms with Crippen molar-refractivity contribution in [3.8, 4) is 0 Å². The molecule has 3 saturated heterocycles. The molecule has 2 amide bonds. The van der Waals surface area contributed by atoms with E-state index in [1.807, 2.05) is 0 Å². The number of likely N-dealkylation sites (tertiary alicyclic amines) is 1. The van der Waals surface area contributed by atoms with Crippen molar-refractivity contribution in [2.45, 2.75) is 48.8 Å². The molecule has 30 heavy (non-hydrogen) atoms. The number of esters is 1. The van der Waals surface area contributed by atoms with Gasteiger partial charge in [-0.05, 0) is 51.0 Å². The Bertz CT molecular complexity index is 865. The maximum Gasteiger partial charge on any atom is 0.310 e. The summed E-state index contributed by atoms with van der Waals surface area (Å²) < 4.78 is 4.58. The van der Waals surface area contributed by atoms with Gasteiger partial charge >= 0.3 is 5.97 Å². The number of nitrogens with one attached hydrogen (secondary N) is 1. The molecular weight excluding hydrogens is 428 g/mol. The lowest BCUT2D eigenvalue weighted by Gasteiger charge is -2.35. The maximum atomic E-state index is 13.5. The smallest absolute Gasteiger partial charge is 0.310 e. The molecule has 1 aromatic rings. The molecule has 162 valence electrons. The van der Waals surface area contributed by atoms with E-state index >= 15 is 0 Å². The fourth-order valence-corrected chi connectivity index (χ4v) is 7.52. The van der Waals surface area contributed by atoms with E-state index in [2.05, 4.69) is 5.32 Å². The largest absolute Gasteiger partial charge is 0.466 e. The summed E-state index contributed by atoms with van der Waals surface area (Å²) in [5.41, 5.74) is 0.577. The number of benzene rings is 1. The number of thioether (sulfide) groups is 1. The summed E-state index contributed by atoms with van der Waals surface area (Å²) in [4.78, 5) is 41.1. The highest BCUT2D eigenvalue weighted by Gasteiger charge is 2.74. The Morgan fingerprint density at radius 1 is 1.40 bits per heavy atom. The highest BCUT2D eigenvalue weighted by atomic mass is 35.5. The van der Waals surface area contributed by atoms with Gasteiger partial charge in [0.2, 0.25) is 11.8 Å². The highest BCUT2D eigenvalue weighted by molar-refractivity contribution is 8.02. The fraction of sp³-hybridized carbons (Fsp3) is 0.571. The van der Waals surface area contributed by atoms with Crippen molar-refractivity contribution >= 4 is 46.8 Å². The van der Waals surface area contributed by atoms with Crippen molar-refractivity contribution in [3.63, 3.8) is 0 Å². The minimum Gasteiger partial charge on any atom is -0.466 e. The van der Waals surface area contributed by atoms with Crippen LogP contribution in [-0.4, -0.2) is 63.1 Å². The fourth-order valence-electron chi connectivity index (χ4n) is 5.20. The Kier molecular flexibility index (Phi) is 5.76. The third-order valence-electron chi connectivity index (χ3n) is 6.40. The summed E-state index contributed by atoms with van der Waals surface area (Å²) in [6, 6.07) is 5.44. The predicted molar refractivity (Wildman–Crippen MR) is 114 cm³/mol. The van der Waals surface area contributed by atoms with Crippen LogP contribution in [0.1, 0.15) is 26.7 Å². The zero-order chi connectivity index (χ0) is 21.6. The Balaban J connectivity index is 1.70. The number of hydrogen-bond donors (Lipinski definition) is 2. The molecule has 2 unspecified atom stereocenters. The number of amides is 2. The van der Waals surface area contributed by atoms with E-state index in [4.69, 9.17) is 16.3 Å². The molecule has 0 aliphatic carbocycles. The van der Waals surface area contributed by atoms with Gasteiger partial charge in [0.1, 0.15) is 6.04 Å². The molecule has 2 bridgehead atoms. The number of anilines is 1. The molecule has 4 rings (SSSR count). The van der Waals surface area contributed by atoms with Gasteiger partial charge in [-0.2, -0.15) is 0 Å². The first-order chi connectivity index (χ1) is 14.3. The van der Waals surface area contributed by atoms with Crippen LogP contribution in [0.2, 0.25) is 5.02 Å². The lowest BCUT2D eigenvalue weighted by Crippen LogP contribution is -2.54. The van der Waals surface area contributed by atoms with Crippen molar-refractivity contribution in [1.29, 1.82) is 0 Å². The topological polar surface area (TPSA) is 95.9 Å². The summed E-state index contributed by atoms with van der Waals surface area (Å²) >= 11 is 7.50. The van der Waals surface area contributed by atoms with Gasteiger partial charge in [0.25, 0.3) is 0 Å². The van der Waals surface area contributed by atoms with E-state index in [0.29, 0.717) is 17.1 Å². The number of hydrogen-bond acceptors (Lipinski definition) is 6. The Labute approximate surface area is 184 Å². The number of halogens is 1. The monoisotopic (exact) mass is 452 g/mol. The number of ether oxygens (including phenoxy) is 1. The third-order valence-corrected chi connectivity index (χ3v) is 8.60. The molecule has 3 aliphatic rings. The first-order valence-corrected chi connectivity index (χ1v) is 11.4. The molecule has 2 N–H and O–H groups in total. The lowest BCUT2D eigenvalue weighted by atomic mass is 9.71. The van der Waals surface area contributed by atoms with Crippen LogP contribution in [0, 0.1) is 11.8 Å². The van der Waals surface area contributed by atoms with Crippen molar-refractivity contribution in [2.24, 2.45) is 11.8 Å². The molecule has 1 aromatic carbocycles. The molecular formula is C21H25ClN2O5S. The molecule has 0 radical (unpaired) electrons. The van der Waals surface area contributed by atoms with Gasteiger partial charge in [-0.3, -0.25) is 14.4 Å². The Morgan fingerprint density at radius 2 is 2.10 bits per heavy atom. The first kappa shape index (κ1) is 21.5. The van der Waals surface area contributed by atoms with E-state index in [9.17, 15) is 19.5 Å². The van der Waals surface area contributed by atoms with Gasteiger partial charge < -0.3 is 20.1 Å². The van der Waals surface area contributed by atoms with E-state index in [-0.39, 0.29) is 36.2 Å².